The Morgan fingerprint density at radius 1 is 1.23 bits per heavy atom. The molecule has 2 aromatic heterocycles. The molecule has 0 amide bonds. The lowest BCUT2D eigenvalue weighted by Gasteiger charge is -2.32. The average Bonchev–Trinajstić information content (AvgIpc) is 3.34. The van der Waals surface area contributed by atoms with Crippen LogP contribution in [0.15, 0.2) is 30.5 Å². The molecule has 0 radical (unpaired) electrons. The van der Waals surface area contributed by atoms with Crippen molar-refractivity contribution in [3.63, 3.8) is 0 Å². The number of rotatable bonds is 5. The zero-order valence-electron chi connectivity index (χ0n) is 18.1. The molecule has 1 fully saturated rings. The number of halogens is 3. The molecule has 1 N–H and O–H groups in total. The van der Waals surface area contributed by atoms with Gasteiger partial charge in [-0.15, -0.1) is 0 Å². The van der Waals surface area contributed by atoms with E-state index in [1.165, 1.54) is 23.4 Å². The second-order valence-corrected chi connectivity index (χ2v) is 8.32. The summed E-state index contributed by atoms with van der Waals surface area (Å²) in [6.45, 7) is 9.78. The summed E-state index contributed by atoms with van der Waals surface area (Å²) < 4.78 is 41.6. The van der Waals surface area contributed by atoms with Gasteiger partial charge in [0.05, 0.1) is 17.5 Å². The number of nitrogens with zero attached hydrogens (tertiary/aromatic N) is 4. The van der Waals surface area contributed by atoms with Crippen LogP contribution in [0.5, 0.6) is 0 Å². The molecular weight excluding hydrogens is 403 g/mol. The van der Waals surface area contributed by atoms with Gasteiger partial charge in [0.25, 0.3) is 0 Å². The van der Waals surface area contributed by atoms with Crippen molar-refractivity contribution in [2.45, 2.75) is 58.8 Å². The number of nitrogens with one attached hydrogen (secondary N) is 1. The summed E-state index contributed by atoms with van der Waals surface area (Å²) in [5.74, 6) is 0.197. The highest BCUT2D eigenvalue weighted by Crippen LogP contribution is 2.36. The first-order valence-electron chi connectivity index (χ1n) is 10.7. The summed E-state index contributed by atoms with van der Waals surface area (Å²) in [4.78, 5) is 2.42. The minimum Gasteiger partial charge on any atom is -0.298 e. The standard InChI is InChI=1S/C23H28F3N5/c1-4-31-16(3)21(15(2)29-31)14-30-10-6-8-18(13-30)22-20(12-27-28-22)17-7-5-9-19(11-17)23(24,25)26/h5,7,9,11-12,18H,4,6,8,10,13-14H2,1-3H3,(H,27,28)/t18-/m0/s1. The number of hydrogen-bond donors (Lipinski definition) is 1. The van der Waals surface area contributed by atoms with Gasteiger partial charge in [-0.1, -0.05) is 12.1 Å². The summed E-state index contributed by atoms with van der Waals surface area (Å²) in [5, 5.41) is 11.9. The Labute approximate surface area is 180 Å². The van der Waals surface area contributed by atoms with Gasteiger partial charge in [0.2, 0.25) is 0 Å². The molecule has 31 heavy (non-hydrogen) atoms. The Bertz CT molecular complexity index is 1050. The van der Waals surface area contributed by atoms with Gasteiger partial charge in [0.15, 0.2) is 0 Å². The number of benzene rings is 1. The number of aromatic nitrogens is 4. The van der Waals surface area contributed by atoms with E-state index in [9.17, 15) is 13.2 Å². The van der Waals surface area contributed by atoms with Crippen LogP contribution >= 0.6 is 0 Å². The van der Waals surface area contributed by atoms with Crippen molar-refractivity contribution in [3.8, 4) is 11.1 Å². The van der Waals surface area contributed by atoms with Gasteiger partial charge in [-0.25, -0.2) is 0 Å². The molecule has 1 aromatic carbocycles. The van der Waals surface area contributed by atoms with Gasteiger partial charge in [0.1, 0.15) is 0 Å². The van der Waals surface area contributed by atoms with Crippen LogP contribution in [-0.2, 0) is 19.3 Å². The van der Waals surface area contributed by atoms with Crippen molar-refractivity contribution in [2.24, 2.45) is 0 Å². The summed E-state index contributed by atoms with van der Waals surface area (Å²) in [6.07, 6.45) is -0.702. The lowest BCUT2D eigenvalue weighted by Crippen LogP contribution is -2.34. The molecule has 0 spiro atoms. The predicted molar refractivity (Wildman–Crippen MR) is 114 cm³/mol. The van der Waals surface area contributed by atoms with Crippen molar-refractivity contribution < 1.29 is 13.2 Å². The number of piperidine rings is 1. The molecule has 0 aliphatic carbocycles. The van der Waals surface area contributed by atoms with Crippen molar-refractivity contribution in [2.75, 3.05) is 13.1 Å². The molecule has 1 saturated heterocycles. The normalized spacial score (nSPS) is 17.9. The largest absolute Gasteiger partial charge is 0.416 e. The highest BCUT2D eigenvalue weighted by atomic mass is 19.4. The van der Waals surface area contributed by atoms with Crippen LogP contribution in [0, 0.1) is 13.8 Å². The SMILES string of the molecule is CCn1nc(C)c(CN2CCC[C@H](c3[nH]ncc3-c3cccc(C(F)(F)F)c3)C2)c1C. The van der Waals surface area contributed by atoms with Crippen LogP contribution in [0.25, 0.3) is 11.1 Å². The van der Waals surface area contributed by atoms with Gasteiger partial charge in [-0.05, 0) is 57.9 Å². The second kappa shape index (κ2) is 8.49. The molecule has 1 aliphatic heterocycles. The predicted octanol–water partition coefficient (Wildman–Crippen LogP) is 5.31. The van der Waals surface area contributed by atoms with E-state index in [0.717, 1.165) is 62.0 Å². The smallest absolute Gasteiger partial charge is 0.298 e. The second-order valence-electron chi connectivity index (χ2n) is 8.32. The van der Waals surface area contributed by atoms with E-state index in [4.69, 9.17) is 0 Å². The van der Waals surface area contributed by atoms with Crippen LogP contribution in [0.1, 0.15) is 53.9 Å². The van der Waals surface area contributed by atoms with Gasteiger partial charge in [-0.2, -0.15) is 23.4 Å². The van der Waals surface area contributed by atoms with E-state index in [-0.39, 0.29) is 5.92 Å². The summed E-state index contributed by atoms with van der Waals surface area (Å²) in [5.41, 5.74) is 5.12. The maximum atomic E-state index is 13.2. The van der Waals surface area contributed by atoms with Crippen LogP contribution < -0.4 is 0 Å². The Kier molecular flexibility index (Phi) is 5.92. The van der Waals surface area contributed by atoms with Crippen molar-refractivity contribution in [1.29, 1.82) is 0 Å². The van der Waals surface area contributed by atoms with Gasteiger partial charge < -0.3 is 0 Å². The fourth-order valence-electron chi connectivity index (χ4n) is 4.63. The maximum absolute atomic E-state index is 13.2. The van der Waals surface area contributed by atoms with Gasteiger partial charge in [0, 0.05) is 48.1 Å². The Hall–Kier alpha value is -2.61. The number of aromatic amines is 1. The van der Waals surface area contributed by atoms with Crippen molar-refractivity contribution >= 4 is 0 Å². The lowest BCUT2D eigenvalue weighted by atomic mass is 9.90. The number of alkyl halides is 3. The Morgan fingerprint density at radius 3 is 2.74 bits per heavy atom. The number of likely N-dealkylation sites (tertiary alicyclic amines) is 1. The molecule has 3 aromatic rings. The molecule has 5 nitrogen and oxygen atoms in total. The lowest BCUT2D eigenvalue weighted by molar-refractivity contribution is -0.137. The molecule has 1 aliphatic rings. The third-order valence-electron chi connectivity index (χ3n) is 6.30. The molecule has 8 heteroatoms. The zero-order chi connectivity index (χ0) is 22.2. The minimum absolute atomic E-state index is 0.197. The first-order chi connectivity index (χ1) is 14.8. The van der Waals surface area contributed by atoms with Gasteiger partial charge >= 0.3 is 6.18 Å². The van der Waals surface area contributed by atoms with Crippen LogP contribution in [0.2, 0.25) is 0 Å². The van der Waals surface area contributed by atoms with Crippen LogP contribution in [0.4, 0.5) is 13.2 Å². The Morgan fingerprint density at radius 2 is 2.03 bits per heavy atom. The van der Waals surface area contributed by atoms with Crippen LogP contribution in [-0.4, -0.2) is 38.0 Å². The van der Waals surface area contributed by atoms with E-state index in [2.05, 4.69) is 41.0 Å². The van der Waals surface area contributed by atoms with Crippen LogP contribution in [0.3, 0.4) is 0 Å². The highest BCUT2D eigenvalue weighted by molar-refractivity contribution is 5.66. The maximum Gasteiger partial charge on any atom is 0.416 e. The fourth-order valence-corrected chi connectivity index (χ4v) is 4.63. The molecule has 0 saturated carbocycles. The molecular formula is C23H28F3N5. The summed E-state index contributed by atoms with van der Waals surface area (Å²) in [6, 6.07) is 5.49. The monoisotopic (exact) mass is 431 g/mol. The van der Waals surface area contributed by atoms with Crippen molar-refractivity contribution in [1.82, 2.24) is 24.9 Å². The summed E-state index contributed by atoms with van der Waals surface area (Å²) >= 11 is 0. The fraction of sp³-hybridized carbons (Fsp3) is 0.478. The number of aryl methyl sites for hydroxylation is 2. The van der Waals surface area contributed by atoms with Gasteiger partial charge in [-0.3, -0.25) is 14.7 Å². The number of H-pyrrole nitrogens is 1. The van der Waals surface area contributed by atoms with E-state index in [1.807, 2.05) is 4.68 Å². The highest BCUT2D eigenvalue weighted by Gasteiger charge is 2.31. The summed E-state index contributed by atoms with van der Waals surface area (Å²) in [7, 11) is 0. The van der Waals surface area contributed by atoms with Crippen molar-refractivity contribution in [3.05, 3.63) is 58.7 Å². The van der Waals surface area contributed by atoms with E-state index in [1.54, 1.807) is 12.3 Å². The zero-order valence-corrected chi connectivity index (χ0v) is 18.1. The molecule has 166 valence electrons. The average molecular weight is 432 g/mol. The van der Waals surface area contributed by atoms with E-state index < -0.39 is 11.7 Å². The van der Waals surface area contributed by atoms with E-state index in [0.29, 0.717) is 5.56 Å². The van der Waals surface area contributed by atoms with E-state index >= 15 is 0 Å². The molecule has 0 unspecified atom stereocenters. The molecule has 4 rings (SSSR count). The molecule has 0 bridgehead atoms. The molecule has 3 heterocycles. The minimum atomic E-state index is -4.36. The number of hydrogen-bond acceptors (Lipinski definition) is 3. The first-order valence-corrected chi connectivity index (χ1v) is 10.7. The third kappa shape index (κ3) is 4.39. The topological polar surface area (TPSA) is 49.7 Å². The first kappa shape index (κ1) is 21.6. The molecule has 1 atom stereocenters. The third-order valence-corrected chi connectivity index (χ3v) is 6.30. The quantitative estimate of drug-likeness (QED) is 0.596. The Balaban J connectivity index is 1.56.